The highest BCUT2D eigenvalue weighted by molar-refractivity contribution is 6.30. The van der Waals surface area contributed by atoms with E-state index in [1.165, 1.54) is 25.5 Å². The van der Waals surface area contributed by atoms with Gasteiger partial charge >= 0.3 is 5.97 Å². The molecule has 0 bridgehead atoms. The topological polar surface area (TPSA) is 68.5 Å². The van der Waals surface area contributed by atoms with Crippen molar-refractivity contribution in [2.45, 2.75) is 13.3 Å². The van der Waals surface area contributed by atoms with E-state index in [1.54, 1.807) is 30.1 Å². The number of rotatable bonds is 6. The van der Waals surface area contributed by atoms with Gasteiger partial charge in [-0.3, -0.25) is 4.90 Å². The highest BCUT2D eigenvalue weighted by Crippen LogP contribution is 2.32. The van der Waals surface area contributed by atoms with Crippen LogP contribution in [0, 0.1) is 5.82 Å². The number of halogens is 2. The van der Waals surface area contributed by atoms with Gasteiger partial charge in [-0.15, -0.1) is 0 Å². The van der Waals surface area contributed by atoms with Crippen LogP contribution in [0.5, 0.6) is 0 Å². The zero-order valence-corrected chi connectivity index (χ0v) is 17.0. The van der Waals surface area contributed by atoms with E-state index in [-0.39, 0.29) is 16.5 Å². The van der Waals surface area contributed by atoms with Crippen LogP contribution in [-0.4, -0.2) is 30.1 Å². The van der Waals surface area contributed by atoms with E-state index in [0.29, 0.717) is 29.2 Å². The maximum Gasteiger partial charge on any atom is 0.357 e. The first kappa shape index (κ1) is 20.5. The Hall–Kier alpha value is -3.19. The van der Waals surface area contributed by atoms with Gasteiger partial charge in [0.1, 0.15) is 11.6 Å². The first-order chi connectivity index (χ1) is 13.8. The van der Waals surface area contributed by atoms with Crippen LogP contribution < -0.4 is 4.90 Å². The van der Waals surface area contributed by atoms with Gasteiger partial charge < -0.3 is 9.15 Å². The van der Waals surface area contributed by atoms with Crippen molar-refractivity contribution in [2.24, 2.45) is 0 Å². The van der Waals surface area contributed by atoms with Gasteiger partial charge in [-0.25, -0.2) is 19.2 Å². The molecule has 0 N–H and O–H groups in total. The monoisotopic (exact) mass is 415 g/mol. The summed E-state index contributed by atoms with van der Waals surface area (Å²) in [7, 11) is 3.02. The fourth-order valence-electron chi connectivity index (χ4n) is 2.81. The normalized spacial score (nSPS) is 10.7. The number of carbonyl (C=O) groups is 1. The highest BCUT2D eigenvalue weighted by Gasteiger charge is 2.25. The van der Waals surface area contributed by atoms with Crippen molar-refractivity contribution in [3.05, 3.63) is 70.8 Å². The third-order valence-electron chi connectivity index (χ3n) is 4.17. The van der Waals surface area contributed by atoms with Gasteiger partial charge in [-0.2, -0.15) is 0 Å². The zero-order valence-electron chi connectivity index (χ0n) is 16.2. The lowest BCUT2D eigenvalue weighted by atomic mass is 10.0. The fraction of sp³-hybridized carbons (Fsp3) is 0.190. The first-order valence-corrected chi connectivity index (χ1v) is 9.06. The minimum absolute atomic E-state index is 0.0197. The number of aromatic nitrogens is 2. The van der Waals surface area contributed by atoms with Crippen LogP contribution in [0.2, 0.25) is 5.02 Å². The number of furan rings is 1. The lowest BCUT2D eigenvalue weighted by Crippen LogP contribution is -2.19. The largest absolute Gasteiger partial charge is 0.464 e. The van der Waals surface area contributed by atoms with Gasteiger partial charge in [-0.05, 0) is 37.6 Å². The molecule has 0 fully saturated rings. The van der Waals surface area contributed by atoms with Crippen LogP contribution in [0.3, 0.4) is 0 Å². The molecule has 0 aliphatic rings. The van der Waals surface area contributed by atoms with Gasteiger partial charge in [0.2, 0.25) is 5.88 Å². The quantitative estimate of drug-likeness (QED) is 0.407. The summed E-state index contributed by atoms with van der Waals surface area (Å²) in [5.74, 6) is -0.160. The van der Waals surface area contributed by atoms with Crippen LogP contribution in [0.15, 0.2) is 53.2 Å². The highest BCUT2D eigenvalue weighted by atomic mass is 35.5. The van der Waals surface area contributed by atoms with Crippen molar-refractivity contribution in [3.8, 4) is 11.4 Å². The van der Waals surface area contributed by atoms with E-state index in [0.717, 1.165) is 5.57 Å². The Balaban J connectivity index is 2.28. The molecule has 150 valence electrons. The number of esters is 1. The van der Waals surface area contributed by atoms with Gasteiger partial charge in [-0.1, -0.05) is 23.8 Å². The Kier molecular flexibility index (Phi) is 5.98. The molecular formula is C21H19ClFN3O3. The summed E-state index contributed by atoms with van der Waals surface area (Å²) in [5, 5.41) is -0.0197. The number of benzene rings is 1. The van der Waals surface area contributed by atoms with Crippen LogP contribution in [0.4, 0.5) is 16.1 Å². The SMILES string of the molecule is C=C(C)Cc1c(C(=O)OC)nc(-c2ccc(Cl)c(F)c2)nc1N(C)c1ccco1. The van der Waals surface area contributed by atoms with Gasteiger partial charge in [0.15, 0.2) is 11.5 Å². The molecular weight excluding hydrogens is 397 g/mol. The average molecular weight is 416 g/mol. The molecule has 2 heterocycles. The van der Waals surface area contributed by atoms with Crippen molar-refractivity contribution >= 4 is 29.3 Å². The molecule has 0 atom stereocenters. The van der Waals surface area contributed by atoms with Crippen LogP contribution in [-0.2, 0) is 11.2 Å². The summed E-state index contributed by atoms with van der Waals surface area (Å²) >= 11 is 5.78. The molecule has 0 saturated carbocycles. The molecule has 0 aliphatic carbocycles. The predicted octanol–water partition coefficient (Wildman–Crippen LogP) is 5.20. The molecule has 8 heteroatoms. The molecule has 3 aromatic rings. The lowest BCUT2D eigenvalue weighted by molar-refractivity contribution is 0.0593. The molecule has 2 aromatic heterocycles. The van der Waals surface area contributed by atoms with Crippen LogP contribution in [0.1, 0.15) is 23.0 Å². The molecule has 0 aliphatic heterocycles. The van der Waals surface area contributed by atoms with E-state index in [4.69, 9.17) is 20.8 Å². The Bertz CT molecular complexity index is 1070. The summed E-state index contributed by atoms with van der Waals surface area (Å²) in [6.45, 7) is 5.76. The standard InChI is InChI=1S/C21H19ClFN3O3/c1-12(2)10-14-18(21(27)28-4)24-19(13-7-8-15(22)16(23)11-13)25-20(14)26(3)17-6-5-9-29-17/h5-9,11H,1,10H2,2-4H3. The average Bonchev–Trinajstić information content (AvgIpc) is 3.23. The predicted molar refractivity (Wildman–Crippen MR) is 109 cm³/mol. The molecule has 0 amide bonds. The smallest absolute Gasteiger partial charge is 0.357 e. The molecule has 0 unspecified atom stereocenters. The van der Waals surface area contributed by atoms with Crippen molar-refractivity contribution in [1.29, 1.82) is 0 Å². The second-order valence-corrected chi connectivity index (χ2v) is 6.87. The number of hydrogen-bond donors (Lipinski definition) is 0. The van der Waals surface area contributed by atoms with E-state index in [2.05, 4.69) is 16.5 Å². The maximum atomic E-state index is 14.0. The van der Waals surface area contributed by atoms with Crippen molar-refractivity contribution < 1.29 is 18.3 Å². The minimum atomic E-state index is -0.631. The Labute approximate surface area is 172 Å². The first-order valence-electron chi connectivity index (χ1n) is 8.68. The minimum Gasteiger partial charge on any atom is -0.464 e. The number of hydrogen-bond acceptors (Lipinski definition) is 6. The number of methoxy groups -OCH3 is 1. The number of anilines is 2. The number of ether oxygens (including phenoxy) is 1. The fourth-order valence-corrected chi connectivity index (χ4v) is 2.93. The number of carbonyl (C=O) groups excluding carboxylic acids is 1. The molecule has 1 aromatic carbocycles. The van der Waals surface area contributed by atoms with Gasteiger partial charge in [0, 0.05) is 24.2 Å². The molecule has 0 spiro atoms. The molecule has 3 rings (SSSR count). The Morgan fingerprint density at radius 3 is 2.69 bits per heavy atom. The zero-order chi connectivity index (χ0) is 21.1. The van der Waals surface area contributed by atoms with E-state index < -0.39 is 11.8 Å². The third-order valence-corrected chi connectivity index (χ3v) is 4.48. The van der Waals surface area contributed by atoms with Crippen LogP contribution >= 0.6 is 11.6 Å². The summed E-state index contributed by atoms with van der Waals surface area (Å²) in [5.41, 5.74) is 1.77. The molecule has 0 radical (unpaired) electrons. The summed E-state index contributed by atoms with van der Waals surface area (Å²) in [6, 6.07) is 7.70. The number of nitrogens with zero attached hydrogens (tertiary/aromatic N) is 3. The second-order valence-electron chi connectivity index (χ2n) is 6.46. The lowest BCUT2D eigenvalue weighted by Gasteiger charge is -2.21. The number of allylic oxidation sites excluding steroid dienone is 1. The van der Waals surface area contributed by atoms with Crippen LogP contribution in [0.25, 0.3) is 11.4 Å². The van der Waals surface area contributed by atoms with Gasteiger partial charge in [0.05, 0.1) is 18.4 Å². The molecule has 6 nitrogen and oxygen atoms in total. The van der Waals surface area contributed by atoms with E-state index >= 15 is 0 Å². The summed E-state index contributed by atoms with van der Waals surface area (Å²) in [6.07, 6.45) is 1.88. The van der Waals surface area contributed by atoms with Crippen molar-refractivity contribution in [2.75, 3.05) is 19.1 Å². The second kappa shape index (κ2) is 8.45. The van der Waals surface area contributed by atoms with Crippen molar-refractivity contribution in [3.63, 3.8) is 0 Å². The van der Waals surface area contributed by atoms with Gasteiger partial charge in [0.25, 0.3) is 0 Å². The van der Waals surface area contributed by atoms with E-state index in [1.807, 2.05) is 6.92 Å². The third kappa shape index (κ3) is 4.30. The van der Waals surface area contributed by atoms with Crippen molar-refractivity contribution in [1.82, 2.24) is 9.97 Å². The van der Waals surface area contributed by atoms with E-state index in [9.17, 15) is 9.18 Å². The molecule has 0 saturated heterocycles. The molecule has 29 heavy (non-hydrogen) atoms. The maximum absolute atomic E-state index is 14.0. The summed E-state index contributed by atoms with van der Waals surface area (Å²) in [4.78, 5) is 23.1. The summed E-state index contributed by atoms with van der Waals surface area (Å²) < 4.78 is 24.4. The Morgan fingerprint density at radius 2 is 2.10 bits per heavy atom. The Morgan fingerprint density at radius 1 is 1.34 bits per heavy atom.